The van der Waals surface area contributed by atoms with Gasteiger partial charge in [-0.1, -0.05) is 30.3 Å². The van der Waals surface area contributed by atoms with Crippen LogP contribution in [0.5, 0.6) is 0 Å². The Balaban J connectivity index is 1.43. The van der Waals surface area contributed by atoms with Crippen molar-refractivity contribution in [2.75, 3.05) is 23.3 Å². The lowest BCUT2D eigenvalue weighted by molar-refractivity contribution is 0.102. The summed E-state index contributed by atoms with van der Waals surface area (Å²) >= 11 is 0. The van der Waals surface area contributed by atoms with Crippen LogP contribution in [-0.4, -0.2) is 33.8 Å². The normalized spacial score (nSPS) is 13.7. The van der Waals surface area contributed by atoms with E-state index in [-0.39, 0.29) is 5.91 Å². The summed E-state index contributed by atoms with van der Waals surface area (Å²) in [4.78, 5) is 19.2. The molecule has 0 spiro atoms. The molecule has 3 heterocycles. The number of nitrogens with zero attached hydrogens (tertiary/aromatic N) is 4. The summed E-state index contributed by atoms with van der Waals surface area (Å²) < 4.78 is 1.81. The van der Waals surface area contributed by atoms with Gasteiger partial charge in [0, 0.05) is 37.6 Å². The maximum Gasteiger partial charge on any atom is 0.275 e. The molecule has 1 saturated heterocycles. The molecular weight excluding hydrogens is 338 g/mol. The lowest BCUT2D eigenvalue weighted by atomic mass is 10.1. The fourth-order valence-corrected chi connectivity index (χ4v) is 3.39. The van der Waals surface area contributed by atoms with Gasteiger partial charge in [-0.25, -0.2) is 4.68 Å². The Morgan fingerprint density at radius 1 is 1.04 bits per heavy atom. The number of nitrogens with one attached hydrogen (secondary N) is 1. The Labute approximate surface area is 158 Å². The van der Waals surface area contributed by atoms with Crippen molar-refractivity contribution in [1.29, 1.82) is 0 Å². The second-order valence-electron chi connectivity index (χ2n) is 6.72. The second-order valence-corrected chi connectivity index (χ2v) is 6.72. The molecule has 1 aliphatic heterocycles. The zero-order valence-corrected chi connectivity index (χ0v) is 15.2. The summed E-state index contributed by atoms with van der Waals surface area (Å²) in [7, 11) is 0. The minimum absolute atomic E-state index is 0.211. The summed E-state index contributed by atoms with van der Waals surface area (Å²) in [5.74, 6) is 0.474. The van der Waals surface area contributed by atoms with Crippen molar-refractivity contribution < 1.29 is 4.79 Å². The lowest BCUT2D eigenvalue weighted by Gasteiger charge is -2.17. The molecule has 0 saturated carbocycles. The second kappa shape index (κ2) is 8.03. The van der Waals surface area contributed by atoms with Crippen LogP contribution in [-0.2, 0) is 13.0 Å². The predicted molar refractivity (Wildman–Crippen MR) is 106 cm³/mol. The molecule has 4 rings (SSSR count). The summed E-state index contributed by atoms with van der Waals surface area (Å²) in [6.45, 7) is 2.78. The number of anilines is 2. The highest BCUT2D eigenvalue weighted by Gasteiger charge is 2.16. The van der Waals surface area contributed by atoms with Gasteiger partial charge in [-0.3, -0.25) is 9.78 Å². The standard InChI is InChI=1S/C21H23N5O/c27-21(19-16-18(8-11-22-19)25-13-4-5-14-25)24-20-9-12-23-26(20)15-10-17-6-2-1-3-7-17/h1-3,6-9,11-12,16H,4-5,10,13-15H2,(H,24,27). The van der Waals surface area contributed by atoms with E-state index in [0.29, 0.717) is 18.1 Å². The smallest absolute Gasteiger partial charge is 0.275 e. The van der Waals surface area contributed by atoms with Crippen LogP contribution in [0, 0.1) is 0 Å². The maximum atomic E-state index is 12.7. The van der Waals surface area contributed by atoms with Crippen LogP contribution in [0.2, 0.25) is 0 Å². The van der Waals surface area contributed by atoms with Crippen LogP contribution >= 0.6 is 0 Å². The Kier molecular flexibility index (Phi) is 5.14. The van der Waals surface area contributed by atoms with Gasteiger partial charge in [0.2, 0.25) is 0 Å². The molecular formula is C21H23N5O. The van der Waals surface area contributed by atoms with Gasteiger partial charge in [-0.15, -0.1) is 0 Å². The third-order valence-corrected chi connectivity index (χ3v) is 4.86. The largest absolute Gasteiger partial charge is 0.371 e. The first kappa shape index (κ1) is 17.3. The quantitative estimate of drug-likeness (QED) is 0.731. The van der Waals surface area contributed by atoms with E-state index in [9.17, 15) is 4.79 Å². The van der Waals surface area contributed by atoms with E-state index in [1.54, 1.807) is 12.4 Å². The Morgan fingerprint density at radius 2 is 1.85 bits per heavy atom. The number of rotatable bonds is 6. The summed E-state index contributed by atoms with van der Waals surface area (Å²) in [5.41, 5.74) is 2.73. The van der Waals surface area contributed by atoms with Gasteiger partial charge in [0.25, 0.3) is 5.91 Å². The number of pyridine rings is 1. The first-order valence-corrected chi connectivity index (χ1v) is 9.38. The van der Waals surface area contributed by atoms with E-state index in [2.05, 4.69) is 32.4 Å². The number of aryl methyl sites for hydroxylation is 2. The van der Waals surface area contributed by atoms with E-state index >= 15 is 0 Å². The highest BCUT2D eigenvalue weighted by Crippen LogP contribution is 2.20. The molecule has 1 amide bonds. The number of hydrogen-bond acceptors (Lipinski definition) is 4. The van der Waals surface area contributed by atoms with E-state index in [0.717, 1.165) is 25.2 Å². The lowest BCUT2D eigenvalue weighted by Crippen LogP contribution is -2.20. The number of carbonyl (C=O) groups is 1. The van der Waals surface area contributed by atoms with Gasteiger partial charge < -0.3 is 10.2 Å². The minimum atomic E-state index is -0.211. The molecule has 0 aliphatic carbocycles. The van der Waals surface area contributed by atoms with Crippen molar-refractivity contribution in [3.63, 3.8) is 0 Å². The van der Waals surface area contributed by atoms with Crippen molar-refractivity contribution in [2.24, 2.45) is 0 Å². The number of benzene rings is 1. The van der Waals surface area contributed by atoms with E-state index in [4.69, 9.17) is 0 Å². The van der Waals surface area contributed by atoms with Crippen LogP contribution in [0.1, 0.15) is 28.9 Å². The van der Waals surface area contributed by atoms with Gasteiger partial charge in [-0.05, 0) is 37.0 Å². The molecule has 0 radical (unpaired) electrons. The molecule has 1 aromatic carbocycles. The summed E-state index contributed by atoms with van der Waals surface area (Å²) in [5, 5.41) is 7.27. The van der Waals surface area contributed by atoms with Gasteiger partial charge in [-0.2, -0.15) is 5.10 Å². The first-order valence-electron chi connectivity index (χ1n) is 9.38. The molecule has 3 aromatic rings. The topological polar surface area (TPSA) is 63.1 Å². The molecule has 27 heavy (non-hydrogen) atoms. The molecule has 6 nitrogen and oxygen atoms in total. The molecule has 0 bridgehead atoms. The highest BCUT2D eigenvalue weighted by molar-refractivity contribution is 6.02. The van der Waals surface area contributed by atoms with Crippen molar-refractivity contribution in [3.8, 4) is 0 Å². The highest BCUT2D eigenvalue weighted by atomic mass is 16.2. The van der Waals surface area contributed by atoms with Crippen LogP contribution < -0.4 is 10.2 Å². The molecule has 0 unspecified atom stereocenters. The van der Waals surface area contributed by atoms with Crippen LogP contribution in [0.3, 0.4) is 0 Å². The third kappa shape index (κ3) is 4.16. The van der Waals surface area contributed by atoms with Crippen molar-refractivity contribution in [1.82, 2.24) is 14.8 Å². The van der Waals surface area contributed by atoms with Gasteiger partial charge in [0.1, 0.15) is 11.5 Å². The number of aromatic nitrogens is 3. The maximum absolute atomic E-state index is 12.7. The van der Waals surface area contributed by atoms with Crippen LogP contribution in [0.25, 0.3) is 0 Å². The van der Waals surface area contributed by atoms with E-state index in [1.165, 1.54) is 18.4 Å². The molecule has 138 valence electrons. The number of hydrogen-bond donors (Lipinski definition) is 1. The summed E-state index contributed by atoms with van der Waals surface area (Å²) in [6.07, 6.45) is 6.66. The van der Waals surface area contributed by atoms with E-state index < -0.39 is 0 Å². The molecule has 0 atom stereocenters. The van der Waals surface area contributed by atoms with Gasteiger partial charge >= 0.3 is 0 Å². The Bertz CT molecular complexity index is 900. The van der Waals surface area contributed by atoms with E-state index in [1.807, 2.05) is 41.1 Å². The fraction of sp³-hybridized carbons (Fsp3) is 0.286. The minimum Gasteiger partial charge on any atom is -0.371 e. The zero-order valence-electron chi connectivity index (χ0n) is 15.2. The van der Waals surface area contributed by atoms with Crippen molar-refractivity contribution >= 4 is 17.4 Å². The molecule has 6 heteroatoms. The third-order valence-electron chi connectivity index (χ3n) is 4.86. The average Bonchev–Trinajstić information content (AvgIpc) is 3.39. The van der Waals surface area contributed by atoms with Crippen LogP contribution in [0.15, 0.2) is 60.9 Å². The summed E-state index contributed by atoms with van der Waals surface area (Å²) in [6, 6.07) is 15.9. The molecule has 1 aliphatic rings. The molecule has 2 aromatic heterocycles. The first-order chi connectivity index (χ1) is 13.3. The number of carbonyl (C=O) groups excluding carboxylic acids is 1. The number of amides is 1. The van der Waals surface area contributed by atoms with Gasteiger partial charge in [0.05, 0.1) is 6.20 Å². The zero-order chi connectivity index (χ0) is 18.5. The van der Waals surface area contributed by atoms with Gasteiger partial charge in [0.15, 0.2) is 0 Å². The monoisotopic (exact) mass is 361 g/mol. The van der Waals surface area contributed by atoms with Crippen molar-refractivity contribution in [3.05, 3.63) is 72.2 Å². The molecule has 1 N–H and O–H groups in total. The molecule has 1 fully saturated rings. The predicted octanol–water partition coefficient (Wildman–Crippen LogP) is 3.37. The Hall–Kier alpha value is -3.15. The fourth-order valence-electron chi connectivity index (χ4n) is 3.39. The SMILES string of the molecule is O=C(Nc1ccnn1CCc1ccccc1)c1cc(N2CCCC2)ccn1. The van der Waals surface area contributed by atoms with Crippen molar-refractivity contribution in [2.45, 2.75) is 25.8 Å². The van der Waals surface area contributed by atoms with Crippen LogP contribution in [0.4, 0.5) is 11.5 Å². The Morgan fingerprint density at radius 3 is 2.67 bits per heavy atom. The average molecular weight is 361 g/mol.